The molecule has 0 aromatic heterocycles. The largest absolute Gasteiger partial charge is 0.483 e. The van der Waals surface area contributed by atoms with E-state index in [9.17, 15) is 14.0 Å². The summed E-state index contributed by atoms with van der Waals surface area (Å²) in [7, 11) is 0. The Bertz CT molecular complexity index is 557. The third kappa shape index (κ3) is 4.10. The number of carboxylic acids is 1. The van der Waals surface area contributed by atoms with E-state index < -0.39 is 17.8 Å². The van der Waals surface area contributed by atoms with Crippen LogP contribution in [-0.4, -0.2) is 52.6 Å². The minimum atomic E-state index is -1.02. The molecule has 1 amide bonds. The lowest BCUT2D eigenvalue weighted by molar-refractivity contribution is -0.150. The minimum Gasteiger partial charge on any atom is -0.483 e. The van der Waals surface area contributed by atoms with Crippen LogP contribution in [0, 0.1) is 5.82 Å². The molecular weight excluding hydrogens is 365 g/mol. The van der Waals surface area contributed by atoms with Gasteiger partial charge in [-0.25, -0.2) is 9.18 Å². The molecule has 1 saturated heterocycles. The Morgan fingerprint density at radius 2 is 2.29 bits per heavy atom. The van der Waals surface area contributed by atoms with E-state index in [4.69, 9.17) is 9.84 Å². The van der Waals surface area contributed by atoms with Crippen LogP contribution in [0.2, 0.25) is 0 Å². The molecule has 0 aliphatic carbocycles. The molecular formula is C13H13BrFNO4S. The Morgan fingerprint density at radius 3 is 2.95 bits per heavy atom. The summed E-state index contributed by atoms with van der Waals surface area (Å²) in [6.07, 6.45) is 0. The molecule has 1 unspecified atom stereocenters. The number of amides is 1. The van der Waals surface area contributed by atoms with Crippen LogP contribution in [0.1, 0.15) is 0 Å². The van der Waals surface area contributed by atoms with E-state index in [0.717, 1.165) is 0 Å². The molecule has 2 rings (SSSR count). The van der Waals surface area contributed by atoms with Gasteiger partial charge in [-0.05, 0) is 34.1 Å². The van der Waals surface area contributed by atoms with Gasteiger partial charge in [0.05, 0.1) is 4.47 Å². The number of thioether (sulfide) groups is 1. The summed E-state index contributed by atoms with van der Waals surface area (Å²) in [4.78, 5) is 24.6. The smallest absolute Gasteiger partial charge is 0.327 e. The standard InChI is InChI=1S/C13H13BrFNO4S/c14-9-5-8(15)1-2-11(9)20-6-12(17)16-3-4-21-7-10(16)13(18)19/h1-2,5,10H,3-4,6-7H2,(H,18,19). The van der Waals surface area contributed by atoms with Crippen molar-refractivity contribution in [3.63, 3.8) is 0 Å². The first-order valence-corrected chi connectivity index (χ1v) is 8.11. The van der Waals surface area contributed by atoms with Gasteiger partial charge < -0.3 is 14.7 Å². The highest BCUT2D eigenvalue weighted by molar-refractivity contribution is 9.10. The third-order valence-corrected chi connectivity index (χ3v) is 4.62. The number of benzene rings is 1. The molecule has 114 valence electrons. The van der Waals surface area contributed by atoms with E-state index >= 15 is 0 Å². The summed E-state index contributed by atoms with van der Waals surface area (Å²) in [6.45, 7) is 0.104. The monoisotopic (exact) mass is 377 g/mol. The van der Waals surface area contributed by atoms with Crippen molar-refractivity contribution in [1.29, 1.82) is 0 Å². The highest BCUT2D eigenvalue weighted by atomic mass is 79.9. The minimum absolute atomic E-state index is 0.279. The van der Waals surface area contributed by atoms with Gasteiger partial charge in [-0.3, -0.25) is 4.79 Å². The van der Waals surface area contributed by atoms with E-state index in [1.54, 1.807) is 0 Å². The Labute approximate surface area is 133 Å². The summed E-state index contributed by atoms with van der Waals surface area (Å²) in [6, 6.07) is 3.05. The lowest BCUT2D eigenvalue weighted by Gasteiger charge is -2.32. The lowest BCUT2D eigenvalue weighted by atomic mass is 10.2. The summed E-state index contributed by atoms with van der Waals surface area (Å²) >= 11 is 4.65. The Morgan fingerprint density at radius 1 is 1.52 bits per heavy atom. The fourth-order valence-electron chi connectivity index (χ4n) is 1.92. The lowest BCUT2D eigenvalue weighted by Crippen LogP contribution is -2.51. The number of halogens is 2. The zero-order valence-electron chi connectivity index (χ0n) is 10.9. The zero-order valence-corrected chi connectivity index (χ0v) is 13.3. The van der Waals surface area contributed by atoms with Gasteiger partial charge in [-0.15, -0.1) is 0 Å². The van der Waals surface area contributed by atoms with Gasteiger partial charge >= 0.3 is 5.97 Å². The number of carbonyl (C=O) groups is 2. The number of carbonyl (C=O) groups excluding carboxylic acids is 1. The molecule has 5 nitrogen and oxygen atoms in total. The van der Waals surface area contributed by atoms with Crippen LogP contribution in [0.5, 0.6) is 5.75 Å². The van der Waals surface area contributed by atoms with Crippen LogP contribution in [-0.2, 0) is 9.59 Å². The van der Waals surface area contributed by atoms with Crippen LogP contribution >= 0.6 is 27.7 Å². The van der Waals surface area contributed by atoms with Crippen LogP contribution in [0.3, 0.4) is 0 Å². The maximum atomic E-state index is 12.9. The van der Waals surface area contributed by atoms with Gasteiger partial charge in [-0.1, -0.05) is 0 Å². The molecule has 1 aliphatic heterocycles. The molecule has 1 atom stereocenters. The first kappa shape index (κ1) is 16.1. The van der Waals surface area contributed by atoms with Crippen molar-refractivity contribution in [2.45, 2.75) is 6.04 Å². The summed E-state index contributed by atoms with van der Waals surface area (Å²) in [5.41, 5.74) is 0. The van der Waals surface area contributed by atoms with Gasteiger partial charge in [0.2, 0.25) is 0 Å². The van der Waals surface area contributed by atoms with Crippen molar-refractivity contribution in [2.75, 3.05) is 24.7 Å². The van der Waals surface area contributed by atoms with Gasteiger partial charge in [0, 0.05) is 18.1 Å². The average molecular weight is 378 g/mol. The Balaban J connectivity index is 1.98. The van der Waals surface area contributed by atoms with Crippen LogP contribution in [0.4, 0.5) is 4.39 Å². The normalized spacial score (nSPS) is 18.4. The van der Waals surface area contributed by atoms with Gasteiger partial charge in [0.1, 0.15) is 17.6 Å². The molecule has 1 heterocycles. The first-order chi connectivity index (χ1) is 9.99. The highest BCUT2D eigenvalue weighted by Gasteiger charge is 2.32. The molecule has 1 N–H and O–H groups in total. The molecule has 1 aromatic carbocycles. The SMILES string of the molecule is O=C(O)C1CSCCN1C(=O)COc1ccc(F)cc1Br. The van der Waals surface area contributed by atoms with Gasteiger partial charge in [0.15, 0.2) is 6.61 Å². The van der Waals surface area contributed by atoms with Crippen molar-refractivity contribution in [2.24, 2.45) is 0 Å². The van der Waals surface area contributed by atoms with Crippen LogP contribution < -0.4 is 4.74 Å². The third-order valence-electron chi connectivity index (χ3n) is 2.98. The second-order valence-electron chi connectivity index (χ2n) is 4.38. The number of hydrogen-bond acceptors (Lipinski definition) is 4. The fraction of sp³-hybridized carbons (Fsp3) is 0.385. The molecule has 1 fully saturated rings. The number of rotatable bonds is 4. The van der Waals surface area contributed by atoms with Gasteiger partial charge in [0.25, 0.3) is 5.91 Å². The quantitative estimate of drug-likeness (QED) is 0.868. The summed E-state index contributed by atoms with van der Waals surface area (Å²) < 4.78 is 18.7. The molecule has 1 aliphatic rings. The van der Waals surface area contributed by atoms with Crippen LogP contribution in [0.25, 0.3) is 0 Å². The Kier molecular flexibility index (Phi) is 5.46. The van der Waals surface area contributed by atoms with E-state index in [0.29, 0.717) is 28.3 Å². The van der Waals surface area contributed by atoms with E-state index in [1.807, 2.05) is 0 Å². The summed E-state index contributed by atoms with van der Waals surface area (Å²) in [5, 5.41) is 9.12. The highest BCUT2D eigenvalue weighted by Crippen LogP contribution is 2.25. The maximum absolute atomic E-state index is 12.9. The molecule has 0 saturated carbocycles. The fourth-order valence-corrected chi connectivity index (χ4v) is 3.43. The number of aliphatic carboxylic acids is 1. The molecule has 21 heavy (non-hydrogen) atoms. The molecule has 0 spiro atoms. The second kappa shape index (κ2) is 7.13. The molecule has 1 aromatic rings. The van der Waals surface area contributed by atoms with E-state index in [1.165, 1.54) is 34.9 Å². The second-order valence-corrected chi connectivity index (χ2v) is 6.38. The Hall–Kier alpha value is -1.28. The number of hydrogen-bond donors (Lipinski definition) is 1. The topological polar surface area (TPSA) is 66.8 Å². The zero-order chi connectivity index (χ0) is 15.4. The number of carboxylic acid groups (broad SMARTS) is 1. The molecule has 8 heteroatoms. The molecule has 0 bridgehead atoms. The first-order valence-electron chi connectivity index (χ1n) is 6.17. The van der Waals surface area contributed by atoms with Crippen molar-refractivity contribution in [3.8, 4) is 5.75 Å². The van der Waals surface area contributed by atoms with Crippen molar-refractivity contribution < 1.29 is 23.8 Å². The van der Waals surface area contributed by atoms with Crippen molar-refractivity contribution in [3.05, 3.63) is 28.5 Å². The van der Waals surface area contributed by atoms with Crippen molar-refractivity contribution in [1.82, 2.24) is 4.90 Å². The van der Waals surface area contributed by atoms with Gasteiger partial charge in [-0.2, -0.15) is 11.8 Å². The predicted molar refractivity (Wildman–Crippen MR) is 80.1 cm³/mol. The summed E-state index contributed by atoms with van der Waals surface area (Å²) in [5.74, 6) is -0.406. The predicted octanol–water partition coefficient (Wildman–Crippen LogP) is 2.00. The number of ether oxygens (including phenoxy) is 1. The van der Waals surface area contributed by atoms with E-state index in [2.05, 4.69) is 15.9 Å². The molecule has 0 radical (unpaired) electrons. The average Bonchev–Trinajstić information content (AvgIpc) is 2.46. The van der Waals surface area contributed by atoms with E-state index in [-0.39, 0.29) is 12.5 Å². The van der Waals surface area contributed by atoms with Crippen molar-refractivity contribution >= 4 is 39.6 Å². The maximum Gasteiger partial charge on any atom is 0.327 e. The van der Waals surface area contributed by atoms with Crippen LogP contribution in [0.15, 0.2) is 22.7 Å². The number of nitrogens with zero attached hydrogens (tertiary/aromatic N) is 1.